The first-order valence-corrected chi connectivity index (χ1v) is 7.76. The highest BCUT2D eigenvalue weighted by atomic mass is 14.7. The number of hydrogen-bond acceptors (Lipinski definition) is 1. The maximum absolute atomic E-state index is 4.96. The van der Waals surface area contributed by atoms with E-state index in [-0.39, 0.29) is 5.41 Å². The topological polar surface area (TPSA) is 12.9 Å². The fourth-order valence-electron chi connectivity index (χ4n) is 3.18. The van der Waals surface area contributed by atoms with E-state index in [9.17, 15) is 0 Å². The van der Waals surface area contributed by atoms with Crippen LogP contribution in [0.3, 0.4) is 0 Å². The van der Waals surface area contributed by atoms with Crippen molar-refractivity contribution < 1.29 is 0 Å². The SMILES string of the molecule is Cc1c2ccccc2nc2c3c(ccc12)C=CC(C)(C)C=C3. The minimum absolute atomic E-state index is 0.0806. The minimum Gasteiger partial charge on any atom is -0.247 e. The Balaban J connectivity index is 2.13. The number of hydrogen-bond donors (Lipinski definition) is 0. The zero-order chi connectivity index (χ0) is 15.3. The molecule has 0 saturated carbocycles. The van der Waals surface area contributed by atoms with E-state index in [0.29, 0.717) is 0 Å². The fraction of sp³-hybridized carbons (Fsp3) is 0.190. The average Bonchev–Trinajstić information content (AvgIpc) is 2.67. The molecular formula is C21H19N. The molecule has 1 nitrogen and oxygen atoms in total. The first-order valence-electron chi connectivity index (χ1n) is 7.76. The highest BCUT2D eigenvalue weighted by Crippen LogP contribution is 2.34. The zero-order valence-corrected chi connectivity index (χ0v) is 13.2. The smallest absolute Gasteiger partial charge is 0.0790 e. The Hall–Kier alpha value is -2.41. The van der Waals surface area contributed by atoms with Gasteiger partial charge in [-0.15, -0.1) is 0 Å². The predicted molar refractivity (Wildman–Crippen MR) is 95.8 cm³/mol. The van der Waals surface area contributed by atoms with Crippen LogP contribution in [0.5, 0.6) is 0 Å². The third kappa shape index (κ3) is 1.97. The third-order valence-electron chi connectivity index (χ3n) is 4.57. The van der Waals surface area contributed by atoms with E-state index in [1.807, 2.05) is 0 Å². The number of nitrogens with zero attached hydrogens (tertiary/aromatic N) is 1. The molecule has 0 unspecified atom stereocenters. The lowest BCUT2D eigenvalue weighted by atomic mass is 9.93. The molecule has 0 aliphatic heterocycles. The van der Waals surface area contributed by atoms with Crippen LogP contribution in [0.1, 0.15) is 30.5 Å². The van der Waals surface area contributed by atoms with Crippen LogP contribution in [-0.4, -0.2) is 4.98 Å². The number of allylic oxidation sites excluding steroid dienone is 2. The lowest BCUT2D eigenvalue weighted by Crippen LogP contribution is -2.00. The van der Waals surface area contributed by atoms with Crippen LogP contribution in [0.2, 0.25) is 0 Å². The molecule has 0 spiro atoms. The number of aryl methyl sites for hydroxylation is 1. The second-order valence-corrected chi connectivity index (χ2v) is 6.71. The van der Waals surface area contributed by atoms with Crippen LogP contribution in [0.4, 0.5) is 0 Å². The molecule has 1 heterocycles. The Morgan fingerprint density at radius 3 is 2.50 bits per heavy atom. The van der Waals surface area contributed by atoms with Crippen molar-refractivity contribution in [1.82, 2.24) is 4.98 Å². The highest BCUT2D eigenvalue weighted by molar-refractivity contribution is 6.01. The molecule has 0 fully saturated rings. The van der Waals surface area contributed by atoms with Crippen LogP contribution in [0.15, 0.2) is 48.6 Å². The number of para-hydroxylation sites is 1. The predicted octanol–water partition coefficient (Wildman–Crippen LogP) is 5.76. The van der Waals surface area contributed by atoms with E-state index in [0.717, 1.165) is 11.0 Å². The zero-order valence-electron chi connectivity index (χ0n) is 13.2. The second kappa shape index (κ2) is 4.54. The molecule has 0 N–H and O–H groups in total. The molecule has 2 aromatic carbocycles. The first kappa shape index (κ1) is 13.3. The molecule has 108 valence electrons. The summed E-state index contributed by atoms with van der Waals surface area (Å²) in [6.07, 6.45) is 8.98. The van der Waals surface area contributed by atoms with Crippen molar-refractivity contribution in [2.75, 3.05) is 0 Å². The molecule has 0 radical (unpaired) electrons. The second-order valence-electron chi connectivity index (χ2n) is 6.71. The largest absolute Gasteiger partial charge is 0.247 e. The summed E-state index contributed by atoms with van der Waals surface area (Å²) in [6.45, 7) is 6.64. The summed E-state index contributed by atoms with van der Waals surface area (Å²) in [5, 5.41) is 2.48. The maximum atomic E-state index is 4.96. The van der Waals surface area contributed by atoms with E-state index in [4.69, 9.17) is 4.98 Å². The Morgan fingerprint density at radius 2 is 1.64 bits per heavy atom. The molecule has 0 bridgehead atoms. The molecule has 3 aromatic rings. The Kier molecular flexibility index (Phi) is 2.74. The summed E-state index contributed by atoms with van der Waals surface area (Å²) in [4.78, 5) is 4.96. The summed E-state index contributed by atoms with van der Waals surface area (Å²) in [7, 11) is 0. The average molecular weight is 285 g/mol. The van der Waals surface area contributed by atoms with Gasteiger partial charge in [-0.05, 0) is 24.1 Å². The van der Waals surface area contributed by atoms with Gasteiger partial charge in [0.2, 0.25) is 0 Å². The quantitative estimate of drug-likeness (QED) is 0.478. The normalized spacial score (nSPS) is 16.0. The number of rotatable bonds is 0. The molecule has 1 aliphatic rings. The molecule has 0 saturated heterocycles. The lowest BCUT2D eigenvalue weighted by molar-refractivity contribution is 0.633. The van der Waals surface area contributed by atoms with Crippen LogP contribution >= 0.6 is 0 Å². The van der Waals surface area contributed by atoms with Crippen molar-refractivity contribution in [2.45, 2.75) is 20.8 Å². The van der Waals surface area contributed by atoms with Crippen molar-refractivity contribution in [1.29, 1.82) is 0 Å². The molecule has 1 aliphatic carbocycles. The standard InChI is InChI=1S/C21H19N/c1-14-16-6-4-5-7-19(16)22-20-17(14)9-8-15-10-12-21(2,3)13-11-18(15)20/h4-13H,1-3H3. The van der Waals surface area contributed by atoms with Gasteiger partial charge in [-0.2, -0.15) is 0 Å². The van der Waals surface area contributed by atoms with Gasteiger partial charge in [-0.3, -0.25) is 0 Å². The van der Waals surface area contributed by atoms with E-state index < -0.39 is 0 Å². The number of aromatic nitrogens is 1. The molecule has 22 heavy (non-hydrogen) atoms. The van der Waals surface area contributed by atoms with E-state index >= 15 is 0 Å². The highest BCUT2D eigenvalue weighted by Gasteiger charge is 2.16. The first-order chi connectivity index (χ1) is 10.6. The van der Waals surface area contributed by atoms with Gasteiger partial charge in [0.1, 0.15) is 0 Å². The van der Waals surface area contributed by atoms with Crippen molar-refractivity contribution in [2.24, 2.45) is 5.41 Å². The van der Waals surface area contributed by atoms with Crippen LogP contribution in [0.25, 0.3) is 34.0 Å². The Labute approximate surface area is 131 Å². The minimum atomic E-state index is 0.0806. The molecule has 0 amide bonds. The molecule has 0 atom stereocenters. The van der Waals surface area contributed by atoms with Gasteiger partial charge in [0.25, 0.3) is 0 Å². The van der Waals surface area contributed by atoms with Crippen molar-refractivity contribution in [3.8, 4) is 0 Å². The summed E-state index contributed by atoms with van der Waals surface area (Å²) >= 11 is 0. The van der Waals surface area contributed by atoms with Gasteiger partial charge >= 0.3 is 0 Å². The monoisotopic (exact) mass is 285 g/mol. The Bertz CT molecular complexity index is 958. The van der Waals surface area contributed by atoms with Gasteiger partial charge in [0.05, 0.1) is 11.0 Å². The van der Waals surface area contributed by atoms with Gasteiger partial charge in [0, 0.05) is 21.8 Å². The van der Waals surface area contributed by atoms with Gasteiger partial charge in [-0.1, -0.05) is 68.5 Å². The molecular weight excluding hydrogens is 266 g/mol. The summed E-state index contributed by atoms with van der Waals surface area (Å²) in [5.41, 5.74) is 6.04. The van der Waals surface area contributed by atoms with E-state index in [2.05, 4.69) is 81.5 Å². The third-order valence-corrected chi connectivity index (χ3v) is 4.57. The van der Waals surface area contributed by atoms with Crippen molar-refractivity contribution in [3.63, 3.8) is 0 Å². The van der Waals surface area contributed by atoms with Crippen LogP contribution in [-0.2, 0) is 0 Å². The van der Waals surface area contributed by atoms with Gasteiger partial charge in [-0.25, -0.2) is 4.98 Å². The van der Waals surface area contributed by atoms with Crippen LogP contribution < -0.4 is 0 Å². The van der Waals surface area contributed by atoms with E-state index in [1.165, 1.54) is 27.5 Å². The van der Waals surface area contributed by atoms with Gasteiger partial charge in [0.15, 0.2) is 0 Å². The molecule has 1 heteroatoms. The van der Waals surface area contributed by atoms with Gasteiger partial charge < -0.3 is 0 Å². The fourth-order valence-corrected chi connectivity index (χ4v) is 3.18. The van der Waals surface area contributed by atoms with Crippen molar-refractivity contribution >= 4 is 34.0 Å². The van der Waals surface area contributed by atoms with Crippen molar-refractivity contribution in [3.05, 3.63) is 65.2 Å². The summed E-state index contributed by atoms with van der Waals surface area (Å²) in [5.74, 6) is 0. The van der Waals surface area contributed by atoms with E-state index in [1.54, 1.807) is 0 Å². The maximum Gasteiger partial charge on any atom is 0.0790 e. The number of fused-ring (bicyclic) bond motifs is 4. The summed E-state index contributed by atoms with van der Waals surface area (Å²) in [6, 6.07) is 12.8. The Morgan fingerprint density at radius 1 is 0.864 bits per heavy atom. The molecule has 4 rings (SSSR count). The molecule has 1 aromatic heterocycles. The summed E-state index contributed by atoms with van der Waals surface area (Å²) < 4.78 is 0. The number of benzene rings is 2. The number of pyridine rings is 1. The van der Waals surface area contributed by atoms with Crippen LogP contribution in [0, 0.1) is 12.3 Å². The lowest BCUT2D eigenvalue weighted by Gasteiger charge is -2.12.